The number of esters is 1. The maximum absolute atomic E-state index is 11.4. The molecule has 1 N–H and O–H groups in total. The van der Waals surface area contributed by atoms with Crippen LogP contribution < -0.4 is 5.32 Å². The first kappa shape index (κ1) is 13.1. The molecule has 0 bridgehead atoms. The molecule has 2 aromatic heterocycles. The fourth-order valence-corrected chi connectivity index (χ4v) is 1.52. The zero-order valence-electron chi connectivity index (χ0n) is 10.8. The number of hydrogen-bond acceptors (Lipinski definition) is 6. The van der Waals surface area contributed by atoms with Gasteiger partial charge >= 0.3 is 5.97 Å². The second-order valence-electron chi connectivity index (χ2n) is 3.88. The molecule has 0 aliphatic carbocycles. The van der Waals surface area contributed by atoms with Gasteiger partial charge in [0.25, 0.3) is 6.01 Å². The van der Waals surface area contributed by atoms with Crippen molar-refractivity contribution in [1.29, 1.82) is 0 Å². The summed E-state index contributed by atoms with van der Waals surface area (Å²) in [5.74, 6) is -0.492. The van der Waals surface area contributed by atoms with Crippen LogP contribution in [0.15, 0.2) is 29.0 Å². The van der Waals surface area contributed by atoms with Crippen LogP contribution in [0.25, 0.3) is 0 Å². The van der Waals surface area contributed by atoms with Gasteiger partial charge in [-0.2, -0.15) is 4.98 Å². The van der Waals surface area contributed by atoms with Crippen LogP contribution in [0.3, 0.4) is 0 Å². The molecule has 0 amide bonds. The zero-order chi connectivity index (χ0) is 13.7. The van der Waals surface area contributed by atoms with Crippen molar-refractivity contribution in [1.82, 2.24) is 9.97 Å². The van der Waals surface area contributed by atoms with E-state index < -0.39 is 5.97 Å². The summed E-state index contributed by atoms with van der Waals surface area (Å²) in [4.78, 5) is 19.6. The fourth-order valence-electron chi connectivity index (χ4n) is 1.52. The van der Waals surface area contributed by atoms with E-state index in [9.17, 15) is 4.79 Å². The van der Waals surface area contributed by atoms with Gasteiger partial charge in [-0.25, -0.2) is 4.79 Å². The van der Waals surface area contributed by atoms with Gasteiger partial charge in [-0.05, 0) is 25.5 Å². The van der Waals surface area contributed by atoms with Crippen LogP contribution in [-0.4, -0.2) is 22.5 Å². The summed E-state index contributed by atoms with van der Waals surface area (Å²) in [6.07, 6.45) is 3.00. The highest BCUT2D eigenvalue weighted by atomic mass is 16.5. The molecule has 19 heavy (non-hydrogen) atoms. The Bertz CT molecular complexity index is 566. The molecular weight excluding hydrogens is 246 g/mol. The van der Waals surface area contributed by atoms with Crippen molar-refractivity contribution in [3.05, 3.63) is 41.5 Å². The van der Waals surface area contributed by atoms with Crippen molar-refractivity contribution < 1.29 is 13.9 Å². The summed E-state index contributed by atoms with van der Waals surface area (Å²) < 4.78 is 9.96. The Labute approximate surface area is 110 Å². The highest BCUT2D eigenvalue weighted by molar-refractivity contribution is 5.87. The van der Waals surface area contributed by atoms with Crippen molar-refractivity contribution in [3.8, 4) is 0 Å². The summed E-state index contributed by atoms with van der Waals surface area (Å²) in [6, 6.07) is 4.13. The molecule has 0 atom stereocenters. The van der Waals surface area contributed by atoms with E-state index in [2.05, 4.69) is 15.3 Å². The van der Waals surface area contributed by atoms with E-state index >= 15 is 0 Å². The largest absolute Gasteiger partial charge is 0.461 e. The lowest BCUT2D eigenvalue weighted by molar-refractivity contribution is 0.0519. The Morgan fingerprint density at radius 1 is 1.53 bits per heavy atom. The van der Waals surface area contributed by atoms with E-state index in [4.69, 9.17) is 9.15 Å². The Morgan fingerprint density at radius 2 is 2.37 bits per heavy atom. The molecule has 0 aromatic carbocycles. The first-order valence-corrected chi connectivity index (χ1v) is 5.97. The number of rotatable bonds is 5. The van der Waals surface area contributed by atoms with Crippen molar-refractivity contribution in [2.24, 2.45) is 0 Å². The predicted octanol–water partition coefficient (Wildman–Crippen LogP) is 2.17. The minimum absolute atomic E-state index is 0.155. The number of ether oxygens (including phenoxy) is 1. The van der Waals surface area contributed by atoms with E-state index in [-0.39, 0.29) is 11.7 Å². The number of nitrogens with one attached hydrogen (secondary N) is 1. The van der Waals surface area contributed by atoms with E-state index in [1.165, 1.54) is 6.26 Å². The first-order chi connectivity index (χ1) is 9.20. The fraction of sp³-hybridized carbons (Fsp3) is 0.308. The summed E-state index contributed by atoms with van der Waals surface area (Å²) in [5.41, 5.74) is 2.13. The predicted molar refractivity (Wildman–Crippen MR) is 68.8 cm³/mol. The number of hydrogen-bond donors (Lipinski definition) is 1. The number of anilines is 1. The molecule has 2 rings (SSSR count). The van der Waals surface area contributed by atoms with Gasteiger partial charge in [0.05, 0.1) is 18.8 Å². The number of pyridine rings is 1. The third-order valence-electron chi connectivity index (χ3n) is 2.51. The molecule has 0 saturated heterocycles. The maximum atomic E-state index is 11.4. The number of aryl methyl sites for hydroxylation is 1. The van der Waals surface area contributed by atoms with Gasteiger partial charge in [0.1, 0.15) is 6.26 Å². The summed E-state index contributed by atoms with van der Waals surface area (Å²) in [7, 11) is 0. The maximum Gasteiger partial charge on any atom is 0.360 e. The SMILES string of the molecule is CCOC(=O)c1coc(NCc2ncccc2C)n1. The lowest BCUT2D eigenvalue weighted by Crippen LogP contribution is -2.06. The van der Waals surface area contributed by atoms with Gasteiger partial charge in [0, 0.05) is 6.20 Å². The molecule has 0 aliphatic heterocycles. The van der Waals surface area contributed by atoms with Crippen LogP contribution in [-0.2, 0) is 11.3 Å². The van der Waals surface area contributed by atoms with E-state index in [1.54, 1.807) is 13.1 Å². The third kappa shape index (κ3) is 3.31. The second-order valence-corrected chi connectivity index (χ2v) is 3.88. The van der Waals surface area contributed by atoms with Gasteiger partial charge < -0.3 is 14.5 Å². The molecular formula is C13H15N3O3. The highest BCUT2D eigenvalue weighted by Crippen LogP contribution is 2.11. The van der Waals surface area contributed by atoms with Crippen molar-refractivity contribution >= 4 is 12.0 Å². The molecule has 0 radical (unpaired) electrons. The molecule has 6 heteroatoms. The smallest absolute Gasteiger partial charge is 0.360 e. The number of oxazole rings is 1. The van der Waals surface area contributed by atoms with E-state index in [1.807, 2.05) is 19.1 Å². The van der Waals surface area contributed by atoms with Gasteiger partial charge in [0.2, 0.25) is 0 Å². The molecule has 0 saturated carbocycles. The second kappa shape index (κ2) is 5.99. The van der Waals surface area contributed by atoms with Crippen molar-refractivity contribution in [3.63, 3.8) is 0 Å². The van der Waals surface area contributed by atoms with Crippen LogP contribution in [0, 0.1) is 6.92 Å². The van der Waals surface area contributed by atoms with Gasteiger partial charge in [-0.15, -0.1) is 0 Å². The monoisotopic (exact) mass is 261 g/mol. The average Bonchev–Trinajstić information content (AvgIpc) is 2.87. The molecule has 0 fully saturated rings. The Kier molecular flexibility index (Phi) is 4.12. The van der Waals surface area contributed by atoms with Crippen molar-refractivity contribution in [2.45, 2.75) is 20.4 Å². The van der Waals surface area contributed by atoms with Crippen molar-refractivity contribution in [2.75, 3.05) is 11.9 Å². The molecule has 2 heterocycles. The lowest BCUT2D eigenvalue weighted by Gasteiger charge is -2.03. The minimum atomic E-state index is -0.492. The third-order valence-corrected chi connectivity index (χ3v) is 2.51. The molecule has 100 valence electrons. The molecule has 0 aliphatic rings. The average molecular weight is 261 g/mol. The van der Waals surface area contributed by atoms with Gasteiger partial charge in [-0.3, -0.25) is 4.98 Å². The van der Waals surface area contributed by atoms with E-state index in [0.29, 0.717) is 13.2 Å². The summed E-state index contributed by atoms with van der Waals surface area (Å²) in [5, 5.41) is 2.97. The number of nitrogens with zero attached hydrogens (tertiary/aromatic N) is 2. The van der Waals surface area contributed by atoms with E-state index in [0.717, 1.165) is 11.3 Å². The number of carbonyl (C=O) groups is 1. The lowest BCUT2D eigenvalue weighted by atomic mass is 10.2. The molecule has 6 nitrogen and oxygen atoms in total. The Balaban J connectivity index is 1.97. The standard InChI is InChI=1S/C13H15N3O3/c1-3-18-12(17)11-8-19-13(16-11)15-7-10-9(2)5-4-6-14-10/h4-6,8H,3,7H2,1-2H3,(H,15,16). The number of aromatic nitrogens is 2. The van der Waals surface area contributed by atoms with Gasteiger partial charge in [-0.1, -0.05) is 6.07 Å². The summed E-state index contributed by atoms with van der Waals surface area (Å²) >= 11 is 0. The normalized spacial score (nSPS) is 10.2. The molecule has 0 spiro atoms. The molecule has 0 unspecified atom stereocenters. The van der Waals surface area contributed by atoms with Gasteiger partial charge in [0.15, 0.2) is 5.69 Å². The van der Waals surface area contributed by atoms with Crippen LogP contribution in [0.5, 0.6) is 0 Å². The topological polar surface area (TPSA) is 77.2 Å². The zero-order valence-corrected chi connectivity index (χ0v) is 10.8. The minimum Gasteiger partial charge on any atom is -0.461 e. The quantitative estimate of drug-likeness (QED) is 0.831. The Morgan fingerprint density at radius 3 is 3.11 bits per heavy atom. The molecule has 2 aromatic rings. The Hall–Kier alpha value is -2.37. The summed E-state index contributed by atoms with van der Waals surface area (Å²) in [6.45, 7) is 4.50. The van der Waals surface area contributed by atoms with Crippen LogP contribution in [0.1, 0.15) is 28.7 Å². The highest BCUT2D eigenvalue weighted by Gasteiger charge is 2.13. The number of carbonyl (C=O) groups excluding carboxylic acids is 1. The van der Waals surface area contributed by atoms with Crippen LogP contribution in [0.2, 0.25) is 0 Å². The first-order valence-electron chi connectivity index (χ1n) is 5.97. The van der Waals surface area contributed by atoms with Crippen LogP contribution >= 0.6 is 0 Å². The van der Waals surface area contributed by atoms with Crippen LogP contribution in [0.4, 0.5) is 6.01 Å².